The van der Waals surface area contributed by atoms with Gasteiger partial charge in [-0.15, -0.1) is 0 Å². The Hall–Kier alpha value is -1.75. The van der Waals surface area contributed by atoms with Crippen LogP contribution in [0, 0.1) is 5.92 Å². The van der Waals surface area contributed by atoms with Gasteiger partial charge in [-0.05, 0) is 43.4 Å². The molecule has 1 saturated carbocycles. The van der Waals surface area contributed by atoms with Gasteiger partial charge in [0.1, 0.15) is 11.5 Å². The van der Waals surface area contributed by atoms with Crippen LogP contribution >= 0.6 is 0 Å². The Morgan fingerprint density at radius 1 is 1.07 bits per heavy atom. The fourth-order valence-electron chi connectivity index (χ4n) is 3.90. The molecule has 1 heterocycles. The third-order valence-corrected chi connectivity index (χ3v) is 5.32. The number of aliphatic hydroxyl groups excluding tert-OH is 1. The van der Waals surface area contributed by atoms with Crippen molar-refractivity contribution in [2.24, 2.45) is 5.92 Å². The summed E-state index contributed by atoms with van der Waals surface area (Å²) in [6.07, 6.45) is 1.21. The summed E-state index contributed by atoms with van der Waals surface area (Å²) in [6.45, 7) is 4.11. The first-order chi connectivity index (χ1) is 12.8. The average molecular weight is 380 g/mol. The number of halogens is 3. The highest BCUT2D eigenvalue weighted by atomic mass is 19.4. The predicted molar refractivity (Wildman–Crippen MR) is 99.4 cm³/mol. The summed E-state index contributed by atoms with van der Waals surface area (Å²) in [4.78, 5) is 0. The molecular formula is C22H27F3O2. The molecule has 1 atom stereocenters. The molecule has 1 aromatic carbocycles. The molecule has 1 fully saturated rings. The Bertz CT molecular complexity index is 738. The summed E-state index contributed by atoms with van der Waals surface area (Å²) in [6, 6.07) is 6.83. The lowest BCUT2D eigenvalue weighted by atomic mass is 9.84. The SMILES string of the molecule is CC(C)CC(O)c1cc(-c2ccc(C(F)(F)F)cc2)oc1C1CCCCC1. The topological polar surface area (TPSA) is 33.4 Å². The molecule has 0 bridgehead atoms. The van der Waals surface area contributed by atoms with Crippen LogP contribution < -0.4 is 0 Å². The first-order valence-electron chi connectivity index (χ1n) is 9.75. The number of alkyl halides is 3. The summed E-state index contributed by atoms with van der Waals surface area (Å²) >= 11 is 0. The molecular weight excluding hydrogens is 353 g/mol. The average Bonchev–Trinajstić information content (AvgIpc) is 3.07. The van der Waals surface area contributed by atoms with E-state index >= 15 is 0 Å². The lowest BCUT2D eigenvalue weighted by Gasteiger charge is -2.22. The van der Waals surface area contributed by atoms with Gasteiger partial charge in [-0.25, -0.2) is 0 Å². The maximum atomic E-state index is 12.8. The smallest absolute Gasteiger partial charge is 0.416 e. The fourth-order valence-corrected chi connectivity index (χ4v) is 3.90. The van der Waals surface area contributed by atoms with E-state index < -0.39 is 17.8 Å². The van der Waals surface area contributed by atoms with E-state index in [4.69, 9.17) is 4.42 Å². The molecule has 27 heavy (non-hydrogen) atoms. The molecule has 0 aliphatic heterocycles. The van der Waals surface area contributed by atoms with Crippen molar-refractivity contribution in [3.8, 4) is 11.3 Å². The predicted octanol–water partition coefficient (Wildman–Crippen LogP) is 7.09. The number of hydrogen-bond donors (Lipinski definition) is 1. The number of aliphatic hydroxyl groups is 1. The van der Waals surface area contributed by atoms with Crippen molar-refractivity contribution in [2.75, 3.05) is 0 Å². The van der Waals surface area contributed by atoms with Crippen LogP contribution in [0.4, 0.5) is 13.2 Å². The van der Waals surface area contributed by atoms with Gasteiger partial charge < -0.3 is 9.52 Å². The standard InChI is InChI=1S/C22H27F3O2/c1-14(2)12-19(26)18-13-20(27-21(18)16-6-4-3-5-7-16)15-8-10-17(11-9-15)22(23,24)25/h8-11,13-14,16,19,26H,3-7,12H2,1-2H3. The maximum Gasteiger partial charge on any atom is 0.416 e. The lowest BCUT2D eigenvalue weighted by Crippen LogP contribution is -2.09. The Morgan fingerprint density at radius 2 is 1.70 bits per heavy atom. The van der Waals surface area contributed by atoms with Crippen molar-refractivity contribution in [2.45, 2.75) is 70.6 Å². The molecule has 0 spiro atoms. The second-order valence-electron chi connectivity index (χ2n) is 7.99. The van der Waals surface area contributed by atoms with Crippen LogP contribution in [0.25, 0.3) is 11.3 Å². The molecule has 0 radical (unpaired) electrons. The number of furan rings is 1. The van der Waals surface area contributed by atoms with Crippen molar-refractivity contribution < 1.29 is 22.7 Å². The molecule has 1 unspecified atom stereocenters. The van der Waals surface area contributed by atoms with Crippen LogP contribution in [0.1, 0.15) is 81.3 Å². The quantitative estimate of drug-likeness (QED) is 0.600. The molecule has 2 aromatic rings. The molecule has 1 aromatic heterocycles. The first kappa shape index (κ1) is 20.0. The summed E-state index contributed by atoms with van der Waals surface area (Å²) in [5, 5.41) is 10.7. The monoisotopic (exact) mass is 380 g/mol. The van der Waals surface area contributed by atoms with Gasteiger partial charge in [0.25, 0.3) is 0 Å². The van der Waals surface area contributed by atoms with Crippen LogP contribution in [-0.4, -0.2) is 5.11 Å². The van der Waals surface area contributed by atoms with Gasteiger partial charge in [0.05, 0.1) is 11.7 Å². The van der Waals surface area contributed by atoms with Crippen molar-refractivity contribution in [3.63, 3.8) is 0 Å². The van der Waals surface area contributed by atoms with Gasteiger partial charge in [0, 0.05) is 17.0 Å². The van der Waals surface area contributed by atoms with Gasteiger partial charge >= 0.3 is 6.18 Å². The van der Waals surface area contributed by atoms with E-state index in [1.165, 1.54) is 18.6 Å². The number of rotatable bonds is 5. The third kappa shape index (κ3) is 4.75. The number of hydrogen-bond acceptors (Lipinski definition) is 2. The Labute approximate surface area is 158 Å². The van der Waals surface area contributed by atoms with E-state index in [0.717, 1.165) is 49.1 Å². The molecule has 3 rings (SSSR count). The van der Waals surface area contributed by atoms with Crippen LogP contribution in [-0.2, 0) is 6.18 Å². The number of benzene rings is 1. The van der Waals surface area contributed by atoms with Crippen molar-refractivity contribution >= 4 is 0 Å². The zero-order chi connectivity index (χ0) is 19.6. The highest BCUT2D eigenvalue weighted by molar-refractivity contribution is 5.60. The van der Waals surface area contributed by atoms with Crippen LogP contribution in [0.3, 0.4) is 0 Å². The molecule has 1 N–H and O–H groups in total. The van der Waals surface area contributed by atoms with E-state index in [-0.39, 0.29) is 5.92 Å². The molecule has 0 saturated heterocycles. The minimum Gasteiger partial charge on any atom is -0.460 e. The Morgan fingerprint density at radius 3 is 2.26 bits per heavy atom. The maximum absolute atomic E-state index is 12.8. The van der Waals surface area contributed by atoms with Crippen LogP contribution in [0.5, 0.6) is 0 Å². The second-order valence-corrected chi connectivity index (χ2v) is 7.99. The second kappa shape index (κ2) is 8.09. The highest BCUT2D eigenvalue weighted by Gasteiger charge is 2.31. The molecule has 1 aliphatic carbocycles. The zero-order valence-electron chi connectivity index (χ0n) is 15.9. The van der Waals surface area contributed by atoms with Crippen LogP contribution in [0.2, 0.25) is 0 Å². The van der Waals surface area contributed by atoms with Gasteiger partial charge in [0.2, 0.25) is 0 Å². The van der Waals surface area contributed by atoms with E-state index in [1.54, 1.807) is 0 Å². The summed E-state index contributed by atoms with van der Waals surface area (Å²) in [7, 11) is 0. The van der Waals surface area contributed by atoms with Gasteiger partial charge in [-0.1, -0.05) is 45.2 Å². The van der Waals surface area contributed by atoms with Crippen LogP contribution in [0.15, 0.2) is 34.7 Å². The normalized spacial score (nSPS) is 17.4. The fraction of sp³-hybridized carbons (Fsp3) is 0.545. The lowest BCUT2D eigenvalue weighted by molar-refractivity contribution is -0.137. The van der Waals surface area contributed by atoms with Crippen molar-refractivity contribution in [1.29, 1.82) is 0 Å². The van der Waals surface area contributed by atoms with Gasteiger partial charge in [-0.2, -0.15) is 13.2 Å². The molecule has 1 aliphatic rings. The summed E-state index contributed by atoms with van der Waals surface area (Å²) < 4.78 is 44.5. The van der Waals surface area contributed by atoms with E-state index in [9.17, 15) is 18.3 Å². The Kier molecular flexibility index (Phi) is 5.99. The van der Waals surface area contributed by atoms with Gasteiger partial charge in [0.15, 0.2) is 0 Å². The highest BCUT2D eigenvalue weighted by Crippen LogP contribution is 2.41. The molecule has 5 heteroatoms. The van der Waals surface area contributed by atoms with E-state index in [0.29, 0.717) is 23.7 Å². The molecule has 148 valence electrons. The van der Waals surface area contributed by atoms with Gasteiger partial charge in [-0.3, -0.25) is 0 Å². The minimum absolute atomic E-state index is 0.277. The molecule has 0 amide bonds. The minimum atomic E-state index is -4.35. The van der Waals surface area contributed by atoms with Crippen molar-refractivity contribution in [3.05, 3.63) is 47.2 Å². The van der Waals surface area contributed by atoms with Crippen molar-refractivity contribution in [1.82, 2.24) is 0 Å². The summed E-state index contributed by atoms with van der Waals surface area (Å²) in [5.41, 5.74) is 0.721. The van der Waals surface area contributed by atoms with E-state index in [1.807, 2.05) is 6.07 Å². The largest absolute Gasteiger partial charge is 0.460 e. The molecule has 2 nitrogen and oxygen atoms in total. The van der Waals surface area contributed by atoms with E-state index in [2.05, 4.69) is 13.8 Å². The third-order valence-electron chi connectivity index (χ3n) is 5.32. The summed E-state index contributed by atoms with van der Waals surface area (Å²) in [5.74, 6) is 1.96. The zero-order valence-corrected chi connectivity index (χ0v) is 15.9. The first-order valence-corrected chi connectivity index (χ1v) is 9.75. The Balaban J connectivity index is 1.94.